The van der Waals surface area contributed by atoms with Gasteiger partial charge in [-0.05, 0) is 59.0 Å². The largest absolute Gasteiger partial charge is 0.510 e. The molecule has 0 saturated carbocycles. The summed E-state index contributed by atoms with van der Waals surface area (Å²) in [5.74, 6) is -2.34. The average Bonchev–Trinajstić information content (AvgIpc) is 3.30. The van der Waals surface area contributed by atoms with E-state index in [9.17, 15) is 38.2 Å². The Labute approximate surface area is 376 Å². The van der Waals surface area contributed by atoms with Gasteiger partial charge in [-0.1, -0.05) is 57.2 Å². The molecule has 0 spiro atoms. The normalized spacial score (nSPS) is 11.2. The first-order chi connectivity index (χ1) is 31.6. The Bertz CT molecular complexity index is 2550. The van der Waals surface area contributed by atoms with E-state index in [2.05, 4.69) is 29.6 Å². The first-order valence-corrected chi connectivity index (χ1v) is 20.9. The Morgan fingerprint density at radius 2 is 1.38 bits per heavy atom. The predicted octanol–water partition coefficient (Wildman–Crippen LogP) is 5.51. The van der Waals surface area contributed by atoms with E-state index in [1.165, 1.54) is 68.0 Å². The summed E-state index contributed by atoms with van der Waals surface area (Å²) in [6.07, 6.45) is 1.43. The standard InChI is InChI=1S/C41H43N7O17S/c1-41(2,3)30-14-16-31(17-15-30)66(55,56)46(27-62-40(50)61-22-20-58-21-25-63-47(51)52)37-34(65-33-9-6-5-8-32(33)57-4)38(45-36(44-37)35-42-18-7-19-43-35)59-23-24-60-39(49)29-12-10-28(11-13-29)26-64-48(53)54/h5-19H,20-27H2,1-4H3. The van der Waals surface area contributed by atoms with Gasteiger partial charge in [0, 0.05) is 12.4 Å². The average molecular weight is 938 g/mol. The Morgan fingerprint density at radius 3 is 2.03 bits per heavy atom. The summed E-state index contributed by atoms with van der Waals surface area (Å²) in [4.78, 5) is 72.5. The molecule has 0 aliphatic heterocycles. The molecular formula is C41H43N7O17S. The van der Waals surface area contributed by atoms with Gasteiger partial charge in [0.15, 0.2) is 29.9 Å². The minimum atomic E-state index is -4.78. The van der Waals surface area contributed by atoms with E-state index in [4.69, 9.17) is 33.2 Å². The number of sulfonamides is 1. The molecule has 0 amide bonds. The summed E-state index contributed by atoms with van der Waals surface area (Å²) in [7, 11) is -3.41. The number of anilines is 1. The zero-order valence-corrected chi connectivity index (χ0v) is 36.6. The van der Waals surface area contributed by atoms with Crippen LogP contribution in [0.4, 0.5) is 10.6 Å². The van der Waals surface area contributed by atoms with Crippen molar-refractivity contribution in [2.75, 3.05) is 57.8 Å². The molecule has 2 heterocycles. The first-order valence-electron chi connectivity index (χ1n) is 19.5. The lowest BCUT2D eigenvalue weighted by Crippen LogP contribution is -2.36. The highest BCUT2D eigenvalue weighted by molar-refractivity contribution is 7.92. The molecule has 0 unspecified atom stereocenters. The second kappa shape index (κ2) is 23.1. The maximum Gasteiger partial charge on any atom is 0.510 e. The lowest BCUT2D eigenvalue weighted by Gasteiger charge is -2.26. The van der Waals surface area contributed by atoms with Crippen molar-refractivity contribution in [2.24, 2.45) is 0 Å². The molecular weight excluding hydrogens is 895 g/mol. The van der Waals surface area contributed by atoms with Crippen molar-refractivity contribution in [2.45, 2.75) is 37.7 Å². The Morgan fingerprint density at radius 1 is 0.727 bits per heavy atom. The van der Waals surface area contributed by atoms with Crippen molar-refractivity contribution in [3.8, 4) is 34.8 Å². The van der Waals surface area contributed by atoms with Crippen LogP contribution < -0.4 is 18.5 Å². The van der Waals surface area contributed by atoms with Crippen LogP contribution in [-0.4, -0.2) is 104 Å². The summed E-state index contributed by atoms with van der Waals surface area (Å²) in [5, 5.41) is 19.0. The van der Waals surface area contributed by atoms with Crippen LogP contribution in [0.2, 0.25) is 0 Å². The van der Waals surface area contributed by atoms with Crippen LogP contribution in [0.5, 0.6) is 23.1 Å². The highest BCUT2D eigenvalue weighted by atomic mass is 32.2. The maximum absolute atomic E-state index is 14.9. The lowest BCUT2D eigenvalue weighted by atomic mass is 9.87. The number of hydrogen-bond donors (Lipinski definition) is 0. The smallest absolute Gasteiger partial charge is 0.493 e. The molecule has 3 aromatic carbocycles. The Hall–Kier alpha value is -7.93. The molecule has 0 aliphatic rings. The zero-order valence-electron chi connectivity index (χ0n) is 35.8. The summed E-state index contributed by atoms with van der Waals surface area (Å²) in [6.45, 7) is 2.47. The number of rotatable bonds is 24. The van der Waals surface area contributed by atoms with Crippen molar-refractivity contribution in [1.29, 1.82) is 0 Å². The molecule has 2 aromatic heterocycles. The predicted molar refractivity (Wildman–Crippen MR) is 226 cm³/mol. The van der Waals surface area contributed by atoms with E-state index in [0.29, 0.717) is 9.87 Å². The van der Waals surface area contributed by atoms with Crippen molar-refractivity contribution < 1.29 is 71.0 Å². The number of methoxy groups -OCH3 is 1. The summed E-state index contributed by atoms with van der Waals surface area (Å²) in [5.41, 5.74) is 0.989. The van der Waals surface area contributed by atoms with Gasteiger partial charge in [-0.2, -0.15) is 4.98 Å². The van der Waals surface area contributed by atoms with E-state index in [-0.39, 0.29) is 72.1 Å². The molecule has 66 heavy (non-hydrogen) atoms. The highest BCUT2D eigenvalue weighted by Crippen LogP contribution is 2.43. The third-order valence-corrected chi connectivity index (χ3v) is 10.4. The maximum atomic E-state index is 14.9. The van der Waals surface area contributed by atoms with Gasteiger partial charge < -0.3 is 42.8 Å². The molecule has 24 nitrogen and oxygen atoms in total. The van der Waals surface area contributed by atoms with Crippen LogP contribution in [-0.2, 0) is 50.7 Å². The second-order valence-electron chi connectivity index (χ2n) is 14.2. The molecule has 0 saturated heterocycles. The van der Waals surface area contributed by atoms with Crippen LogP contribution in [0.25, 0.3) is 11.6 Å². The molecule has 0 atom stereocenters. The molecule has 0 aliphatic carbocycles. The SMILES string of the molecule is COc1ccccc1Oc1c(OCCOC(=O)c2ccc(CO[N+](=O)[O-])cc2)nc(-c2ncccn2)nc1N(COC(=O)OCCOCCO[N+](=O)[O-])S(=O)(=O)c1ccc(C(C)(C)C)cc1. The fourth-order valence-corrected chi connectivity index (χ4v) is 6.71. The fourth-order valence-electron chi connectivity index (χ4n) is 5.43. The van der Waals surface area contributed by atoms with E-state index in [1.807, 2.05) is 20.8 Å². The van der Waals surface area contributed by atoms with E-state index in [0.717, 1.165) is 5.56 Å². The quantitative estimate of drug-likeness (QED) is 0.0242. The number of aromatic nitrogens is 4. The zero-order chi connectivity index (χ0) is 47.7. The van der Waals surface area contributed by atoms with E-state index < -0.39 is 69.7 Å². The number of nitrogens with zero attached hydrogens (tertiary/aromatic N) is 7. The number of benzene rings is 3. The molecule has 5 aromatic rings. The van der Waals surface area contributed by atoms with Gasteiger partial charge in [0.2, 0.25) is 11.6 Å². The van der Waals surface area contributed by atoms with Gasteiger partial charge >= 0.3 is 12.1 Å². The van der Waals surface area contributed by atoms with Gasteiger partial charge in [0.1, 0.15) is 33.0 Å². The molecule has 0 bridgehead atoms. The number of para-hydroxylation sites is 2. The lowest BCUT2D eigenvalue weighted by molar-refractivity contribution is -0.763. The Balaban J connectivity index is 1.54. The van der Waals surface area contributed by atoms with Crippen LogP contribution >= 0.6 is 0 Å². The minimum absolute atomic E-state index is 0.0349. The van der Waals surface area contributed by atoms with Crippen LogP contribution in [0, 0.1) is 20.2 Å². The third-order valence-electron chi connectivity index (χ3n) is 8.66. The number of carbonyl (C=O) groups excluding carboxylic acids is 2. The minimum Gasteiger partial charge on any atom is -0.493 e. The first kappa shape index (κ1) is 49.1. The van der Waals surface area contributed by atoms with Crippen LogP contribution in [0.1, 0.15) is 42.3 Å². The highest BCUT2D eigenvalue weighted by Gasteiger charge is 2.35. The Kier molecular flexibility index (Phi) is 17.2. The second-order valence-corrected chi connectivity index (χ2v) is 16.0. The number of hydrogen-bond acceptors (Lipinski definition) is 21. The third kappa shape index (κ3) is 14.0. The summed E-state index contributed by atoms with van der Waals surface area (Å²) in [6, 6.07) is 19.5. The van der Waals surface area contributed by atoms with Crippen molar-refractivity contribution in [3.63, 3.8) is 0 Å². The van der Waals surface area contributed by atoms with E-state index >= 15 is 0 Å². The number of carbonyl (C=O) groups is 2. The van der Waals surface area contributed by atoms with Gasteiger partial charge in [-0.25, -0.2) is 37.3 Å². The van der Waals surface area contributed by atoms with Gasteiger partial charge in [0.05, 0.1) is 30.8 Å². The monoisotopic (exact) mass is 937 g/mol. The van der Waals surface area contributed by atoms with Gasteiger partial charge in [-0.15, -0.1) is 20.2 Å². The topological polar surface area (TPSA) is 292 Å². The van der Waals surface area contributed by atoms with Crippen molar-refractivity contribution >= 4 is 28.0 Å². The molecule has 0 fully saturated rings. The molecule has 25 heteroatoms. The number of ether oxygens (including phenoxy) is 7. The molecule has 5 rings (SSSR count). The summed E-state index contributed by atoms with van der Waals surface area (Å²) < 4.78 is 69.2. The van der Waals surface area contributed by atoms with Crippen LogP contribution in [0.15, 0.2) is 96.2 Å². The fraction of sp³-hybridized carbons (Fsp3) is 0.317. The van der Waals surface area contributed by atoms with Gasteiger partial charge in [0.25, 0.3) is 26.1 Å². The molecule has 0 N–H and O–H groups in total. The van der Waals surface area contributed by atoms with Crippen molar-refractivity contribution in [1.82, 2.24) is 19.9 Å². The number of esters is 1. The molecule has 350 valence electrons. The van der Waals surface area contributed by atoms with Crippen LogP contribution in [0.3, 0.4) is 0 Å². The van der Waals surface area contributed by atoms with Crippen molar-refractivity contribution in [3.05, 3.63) is 128 Å². The summed E-state index contributed by atoms with van der Waals surface area (Å²) >= 11 is 0. The van der Waals surface area contributed by atoms with E-state index in [1.54, 1.807) is 30.3 Å². The van der Waals surface area contributed by atoms with Gasteiger partial charge in [-0.3, -0.25) is 0 Å². The molecule has 0 radical (unpaired) electrons.